The average Bonchev–Trinajstić information content (AvgIpc) is 2.34. The maximum absolute atomic E-state index is 13.0. The number of benzene rings is 1. The van der Waals surface area contributed by atoms with Gasteiger partial charge in [0.05, 0.1) is 11.8 Å². The van der Waals surface area contributed by atoms with Gasteiger partial charge in [-0.3, -0.25) is 4.57 Å². The van der Waals surface area contributed by atoms with Crippen molar-refractivity contribution in [2.45, 2.75) is 32.0 Å². The zero-order valence-electron chi connectivity index (χ0n) is 10.7. The minimum atomic E-state index is -2.74. The first kappa shape index (κ1) is 12.8. The Morgan fingerprint density at radius 1 is 1.41 bits per heavy atom. The Morgan fingerprint density at radius 3 is 2.71 bits per heavy atom. The highest BCUT2D eigenvalue weighted by Gasteiger charge is 2.40. The maximum Gasteiger partial charge on any atom is 0.279 e. The van der Waals surface area contributed by atoms with Crippen LogP contribution in [0.25, 0.3) is 0 Å². The van der Waals surface area contributed by atoms with E-state index in [0.717, 1.165) is 18.5 Å². The molecule has 0 spiro atoms. The highest BCUT2D eigenvalue weighted by atomic mass is 31.2. The van der Waals surface area contributed by atoms with E-state index >= 15 is 0 Å². The van der Waals surface area contributed by atoms with Gasteiger partial charge in [0.25, 0.3) is 7.52 Å². The first-order valence-corrected chi connectivity index (χ1v) is 7.73. The molecule has 1 aromatic rings. The molecule has 0 unspecified atom stereocenters. The van der Waals surface area contributed by atoms with Crippen LogP contribution in [0.2, 0.25) is 0 Å². The van der Waals surface area contributed by atoms with E-state index in [2.05, 4.69) is 0 Å². The van der Waals surface area contributed by atoms with E-state index in [0.29, 0.717) is 0 Å². The van der Waals surface area contributed by atoms with Gasteiger partial charge < -0.3 is 4.52 Å². The van der Waals surface area contributed by atoms with Crippen LogP contribution in [0.3, 0.4) is 0 Å². The monoisotopic (exact) mass is 253 g/mol. The quantitative estimate of drug-likeness (QED) is 0.753. The lowest BCUT2D eigenvalue weighted by molar-refractivity contribution is 0.145. The van der Waals surface area contributed by atoms with Crippen LogP contribution >= 0.6 is 7.52 Å². The zero-order valence-corrected chi connectivity index (χ0v) is 11.6. The third-order valence-electron chi connectivity index (χ3n) is 3.44. The van der Waals surface area contributed by atoms with Gasteiger partial charge >= 0.3 is 0 Å². The van der Waals surface area contributed by atoms with Crippen molar-refractivity contribution in [2.24, 2.45) is 0 Å². The van der Waals surface area contributed by atoms with E-state index in [-0.39, 0.29) is 11.8 Å². The van der Waals surface area contributed by atoms with Crippen molar-refractivity contribution < 1.29 is 9.09 Å². The molecular weight excluding hydrogens is 233 g/mol. The van der Waals surface area contributed by atoms with Gasteiger partial charge in [-0.25, -0.2) is 4.67 Å². The molecule has 1 aliphatic rings. The number of nitrogens with zero attached hydrogens (tertiary/aromatic N) is 1. The largest absolute Gasteiger partial charge is 0.314 e. The van der Waals surface area contributed by atoms with Gasteiger partial charge in [0.1, 0.15) is 0 Å². The topological polar surface area (TPSA) is 29.5 Å². The van der Waals surface area contributed by atoms with E-state index in [1.54, 1.807) is 0 Å². The van der Waals surface area contributed by atoms with Crippen molar-refractivity contribution in [3.8, 4) is 0 Å². The highest BCUT2D eigenvalue weighted by molar-refractivity contribution is 7.56. The number of rotatable bonds is 2. The molecule has 1 fully saturated rings. The van der Waals surface area contributed by atoms with Crippen molar-refractivity contribution in [3.63, 3.8) is 0 Å². The second-order valence-corrected chi connectivity index (χ2v) is 7.53. The summed E-state index contributed by atoms with van der Waals surface area (Å²) in [5, 5.41) is 0. The minimum absolute atomic E-state index is 0.0727. The Labute approximate surface area is 103 Å². The zero-order chi connectivity index (χ0) is 12.5. The van der Waals surface area contributed by atoms with E-state index < -0.39 is 7.52 Å². The van der Waals surface area contributed by atoms with Crippen molar-refractivity contribution in [2.75, 3.05) is 13.6 Å². The molecular formula is C13H20NO2P. The molecule has 0 saturated carbocycles. The molecule has 1 aromatic carbocycles. The molecule has 0 amide bonds. The maximum atomic E-state index is 13.0. The van der Waals surface area contributed by atoms with Gasteiger partial charge in [-0.05, 0) is 32.9 Å². The van der Waals surface area contributed by atoms with Crippen LogP contribution in [-0.2, 0) is 9.09 Å². The molecule has 1 aliphatic heterocycles. The van der Waals surface area contributed by atoms with Crippen LogP contribution in [0.15, 0.2) is 30.3 Å². The van der Waals surface area contributed by atoms with Crippen LogP contribution < -0.4 is 0 Å². The van der Waals surface area contributed by atoms with Gasteiger partial charge in [0.15, 0.2) is 0 Å². The molecule has 1 heterocycles. The predicted octanol–water partition coefficient (Wildman–Crippen LogP) is 3.68. The van der Waals surface area contributed by atoms with Gasteiger partial charge in [0.2, 0.25) is 0 Å². The van der Waals surface area contributed by atoms with E-state index in [1.165, 1.54) is 0 Å². The highest BCUT2D eigenvalue weighted by Crippen LogP contribution is 2.64. The van der Waals surface area contributed by atoms with Crippen LogP contribution in [-0.4, -0.2) is 24.4 Å². The molecule has 3 nitrogen and oxygen atoms in total. The molecule has 0 aliphatic carbocycles. The number of hydrogen-bond donors (Lipinski definition) is 0. The van der Waals surface area contributed by atoms with E-state index in [4.69, 9.17) is 4.52 Å². The second-order valence-electron chi connectivity index (χ2n) is 4.74. The summed E-state index contributed by atoms with van der Waals surface area (Å²) in [6, 6.07) is 9.96. The molecule has 0 aromatic heterocycles. The molecule has 0 radical (unpaired) electrons. The van der Waals surface area contributed by atoms with Gasteiger partial charge in [-0.1, -0.05) is 30.3 Å². The van der Waals surface area contributed by atoms with E-state index in [9.17, 15) is 4.57 Å². The fourth-order valence-electron chi connectivity index (χ4n) is 2.21. The molecule has 1 saturated heterocycles. The first-order valence-electron chi connectivity index (χ1n) is 6.08. The molecule has 2 rings (SSSR count). The summed E-state index contributed by atoms with van der Waals surface area (Å²) in [5.74, 6) is 0. The Bertz CT molecular complexity index is 421. The summed E-state index contributed by atoms with van der Waals surface area (Å²) < 4.78 is 20.7. The molecule has 0 bridgehead atoms. The third-order valence-corrected chi connectivity index (χ3v) is 6.53. The summed E-state index contributed by atoms with van der Waals surface area (Å²) >= 11 is 0. The van der Waals surface area contributed by atoms with Gasteiger partial charge in [0, 0.05) is 6.54 Å². The Hall–Kier alpha value is -0.630. The number of hydrogen-bond acceptors (Lipinski definition) is 2. The Kier molecular flexibility index (Phi) is 3.72. The normalized spacial score (nSPS) is 32.3. The molecule has 3 atom stereocenters. The molecule has 4 heteroatoms. The SMILES string of the molecule is C[C@H](c1ccccc1)[P@]1(=O)O[C@@H](C)CCN1C. The van der Waals surface area contributed by atoms with Crippen LogP contribution in [0.1, 0.15) is 31.5 Å². The average molecular weight is 253 g/mol. The smallest absolute Gasteiger partial charge is 0.279 e. The summed E-state index contributed by atoms with van der Waals surface area (Å²) in [6.45, 7) is 4.83. The van der Waals surface area contributed by atoms with Gasteiger partial charge in [-0.15, -0.1) is 0 Å². The lowest BCUT2D eigenvalue weighted by atomic mass is 10.2. The Balaban J connectivity index is 2.28. The van der Waals surface area contributed by atoms with Crippen molar-refractivity contribution in [3.05, 3.63) is 35.9 Å². The summed E-state index contributed by atoms with van der Waals surface area (Å²) in [4.78, 5) is 0. The standard InChI is InChI=1S/C13H20NO2P/c1-11-9-10-14(3)17(15,16-11)12(2)13-7-5-4-6-8-13/h4-8,11-12H,9-10H2,1-3H3/t11-,12+,17-/m0/s1. The minimum Gasteiger partial charge on any atom is -0.314 e. The first-order chi connectivity index (χ1) is 8.04. The lowest BCUT2D eigenvalue weighted by Gasteiger charge is -2.39. The summed E-state index contributed by atoms with van der Waals surface area (Å²) in [6.07, 6.45) is 1.03. The molecule has 94 valence electrons. The third kappa shape index (κ3) is 2.47. The van der Waals surface area contributed by atoms with Crippen molar-refractivity contribution >= 4 is 7.52 Å². The van der Waals surface area contributed by atoms with Crippen molar-refractivity contribution in [1.29, 1.82) is 0 Å². The van der Waals surface area contributed by atoms with Gasteiger partial charge in [-0.2, -0.15) is 0 Å². The summed E-state index contributed by atoms with van der Waals surface area (Å²) in [7, 11) is -0.845. The fourth-order valence-corrected chi connectivity index (χ4v) is 4.71. The summed E-state index contributed by atoms with van der Waals surface area (Å²) in [5.41, 5.74) is 1.01. The Morgan fingerprint density at radius 2 is 2.06 bits per heavy atom. The van der Waals surface area contributed by atoms with Crippen LogP contribution in [0.5, 0.6) is 0 Å². The predicted molar refractivity (Wildman–Crippen MR) is 70.3 cm³/mol. The van der Waals surface area contributed by atoms with Crippen LogP contribution in [0.4, 0.5) is 0 Å². The lowest BCUT2D eigenvalue weighted by Crippen LogP contribution is -2.31. The van der Waals surface area contributed by atoms with Crippen LogP contribution in [0, 0.1) is 0 Å². The molecule has 0 N–H and O–H groups in total. The fraction of sp³-hybridized carbons (Fsp3) is 0.538. The van der Waals surface area contributed by atoms with E-state index in [1.807, 2.05) is 55.9 Å². The second kappa shape index (κ2) is 4.93. The van der Waals surface area contributed by atoms with Crippen molar-refractivity contribution in [1.82, 2.24) is 4.67 Å². The molecule has 17 heavy (non-hydrogen) atoms.